The smallest absolute Gasteiger partial charge is 0.328 e. The standard InChI is InChI=1S/C16H23FN2O2/c1-16(2,15(20)21)18-13-7-6-12(14(17)10-13)11-19-8-4-3-5-9-19/h6-7,10,18H,3-5,8-9,11H2,1-2H3,(H,20,21). The Morgan fingerprint density at radius 2 is 2.00 bits per heavy atom. The minimum absolute atomic E-state index is 0.285. The molecular formula is C16H23FN2O2. The Bertz CT molecular complexity index is 511. The van der Waals surface area contributed by atoms with Crippen LogP contribution in [0.1, 0.15) is 38.7 Å². The van der Waals surface area contributed by atoms with Crippen LogP contribution in [-0.2, 0) is 11.3 Å². The third-order valence-electron chi connectivity index (χ3n) is 3.89. The van der Waals surface area contributed by atoms with E-state index in [2.05, 4.69) is 10.2 Å². The average molecular weight is 294 g/mol. The lowest BCUT2D eigenvalue weighted by Gasteiger charge is -2.27. The van der Waals surface area contributed by atoms with Gasteiger partial charge in [-0.3, -0.25) is 4.90 Å². The second kappa shape index (κ2) is 6.43. The van der Waals surface area contributed by atoms with Crippen LogP contribution in [0.15, 0.2) is 18.2 Å². The van der Waals surface area contributed by atoms with Crippen molar-refractivity contribution in [3.63, 3.8) is 0 Å². The number of aliphatic carboxylic acids is 1. The Hall–Kier alpha value is -1.62. The number of anilines is 1. The summed E-state index contributed by atoms with van der Waals surface area (Å²) in [5.74, 6) is -1.26. The monoisotopic (exact) mass is 294 g/mol. The van der Waals surface area contributed by atoms with E-state index < -0.39 is 11.5 Å². The van der Waals surface area contributed by atoms with Gasteiger partial charge < -0.3 is 10.4 Å². The molecule has 1 aromatic carbocycles. The summed E-state index contributed by atoms with van der Waals surface area (Å²) in [5.41, 5.74) is 0.0266. The first-order valence-electron chi connectivity index (χ1n) is 7.41. The van der Waals surface area contributed by atoms with Gasteiger partial charge in [0, 0.05) is 17.8 Å². The minimum atomic E-state index is -1.12. The van der Waals surface area contributed by atoms with Gasteiger partial charge in [0.2, 0.25) is 0 Å². The minimum Gasteiger partial charge on any atom is -0.480 e. The molecule has 2 rings (SSSR count). The molecule has 5 heteroatoms. The van der Waals surface area contributed by atoms with Gasteiger partial charge in [-0.05, 0) is 51.9 Å². The Labute approximate surface area is 125 Å². The van der Waals surface area contributed by atoms with Crippen molar-refractivity contribution in [2.45, 2.75) is 45.2 Å². The maximum atomic E-state index is 14.2. The van der Waals surface area contributed by atoms with Crippen molar-refractivity contribution in [1.82, 2.24) is 4.90 Å². The van der Waals surface area contributed by atoms with Crippen molar-refractivity contribution in [3.8, 4) is 0 Å². The van der Waals surface area contributed by atoms with Crippen LogP contribution in [0, 0.1) is 5.82 Å². The Balaban J connectivity index is 2.05. The Morgan fingerprint density at radius 1 is 1.33 bits per heavy atom. The molecule has 1 aliphatic rings. The molecule has 21 heavy (non-hydrogen) atoms. The second-order valence-electron chi connectivity index (χ2n) is 6.20. The van der Waals surface area contributed by atoms with E-state index in [-0.39, 0.29) is 5.82 Å². The van der Waals surface area contributed by atoms with Gasteiger partial charge in [-0.25, -0.2) is 9.18 Å². The molecule has 0 aliphatic carbocycles. The normalized spacial score (nSPS) is 16.7. The zero-order chi connectivity index (χ0) is 15.5. The van der Waals surface area contributed by atoms with Crippen molar-refractivity contribution in [3.05, 3.63) is 29.6 Å². The highest BCUT2D eigenvalue weighted by Crippen LogP contribution is 2.21. The second-order valence-corrected chi connectivity index (χ2v) is 6.20. The van der Waals surface area contributed by atoms with E-state index in [0.29, 0.717) is 17.8 Å². The molecule has 1 heterocycles. The first-order valence-corrected chi connectivity index (χ1v) is 7.41. The fourth-order valence-corrected chi connectivity index (χ4v) is 2.53. The van der Waals surface area contributed by atoms with Gasteiger partial charge in [0.15, 0.2) is 0 Å². The van der Waals surface area contributed by atoms with Gasteiger partial charge in [-0.2, -0.15) is 0 Å². The molecule has 116 valence electrons. The molecule has 0 bridgehead atoms. The Morgan fingerprint density at radius 3 is 2.57 bits per heavy atom. The van der Waals surface area contributed by atoms with Gasteiger partial charge >= 0.3 is 5.97 Å². The van der Waals surface area contributed by atoms with Crippen LogP contribution in [0.4, 0.5) is 10.1 Å². The molecule has 1 saturated heterocycles. The summed E-state index contributed by atoms with van der Waals surface area (Å²) in [6, 6.07) is 4.86. The number of nitrogens with one attached hydrogen (secondary N) is 1. The number of likely N-dealkylation sites (tertiary alicyclic amines) is 1. The first kappa shape index (κ1) is 15.8. The number of nitrogens with zero attached hydrogens (tertiary/aromatic N) is 1. The predicted octanol–water partition coefficient (Wildman–Crippen LogP) is 3.09. The molecule has 1 aliphatic heterocycles. The van der Waals surface area contributed by atoms with Crippen LogP contribution in [0.25, 0.3) is 0 Å². The van der Waals surface area contributed by atoms with Crippen molar-refractivity contribution in [2.75, 3.05) is 18.4 Å². The molecule has 0 amide bonds. The fraction of sp³-hybridized carbons (Fsp3) is 0.562. The zero-order valence-electron chi connectivity index (χ0n) is 12.7. The molecule has 0 aromatic heterocycles. The van der Waals surface area contributed by atoms with Gasteiger partial charge in [0.1, 0.15) is 11.4 Å². The summed E-state index contributed by atoms with van der Waals surface area (Å²) >= 11 is 0. The highest BCUT2D eigenvalue weighted by molar-refractivity contribution is 5.81. The van der Waals surface area contributed by atoms with Crippen LogP contribution >= 0.6 is 0 Å². The highest BCUT2D eigenvalue weighted by atomic mass is 19.1. The average Bonchev–Trinajstić information content (AvgIpc) is 2.42. The molecule has 1 aromatic rings. The van der Waals surface area contributed by atoms with Crippen molar-refractivity contribution in [2.24, 2.45) is 0 Å². The van der Waals surface area contributed by atoms with Crippen molar-refractivity contribution < 1.29 is 14.3 Å². The van der Waals surface area contributed by atoms with E-state index in [1.807, 2.05) is 0 Å². The van der Waals surface area contributed by atoms with Crippen molar-refractivity contribution in [1.29, 1.82) is 0 Å². The number of halogens is 1. The highest BCUT2D eigenvalue weighted by Gasteiger charge is 2.26. The van der Waals surface area contributed by atoms with E-state index in [1.54, 1.807) is 26.0 Å². The molecule has 0 radical (unpaired) electrons. The van der Waals surface area contributed by atoms with E-state index in [1.165, 1.54) is 25.3 Å². The predicted molar refractivity (Wildman–Crippen MR) is 80.9 cm³/mol. The van der Waals surface area contributed by atoms with Gasteiger partial charge in [-0.1, -0.05) is 12.5 Å². The summed E-state index contributed by atoms with van der Waals surface area (Å²) in [5, 5.41) is 11.9. The van der Waals surface area contributed by atoms with Crippen LogP contribution in [-0.4, -0.2) is 34.6 Å². The topological polar surface area (TPSA) is 52.6 Å². The van der Waals surface area contributed by atoms with Gasteiger partial charge in [0.25, 0.3) is 0 Å². The number of hydrogen-bond donors (Lipinski definition) is 2. The fourth-order valence-electron chi connectivity index (χ4n) is 2.53. The lowest BCUT2D eigenvalue weighted by atomic mass is 10.0. The molecule has 0 saturated carbocycles. The number of piperidine rings is 1. The van der Waals surface area contributed by atoms with Crippen LogP contribution in [0.5, 0.6) is 0 Å². The molecule has 0 unspecified atom stereocenters. The van der Waals surface area contributed by atoms with E-state index in [0.717, 1.165) is 13.1 Å². The summed E-state index contributed by atoms with van der Waals surface area (Å²) < 4.78 is 14.2. The van der Waals surface area contributed by atoms with E-state index >= 15 is 0 Å². The molecule has 4 nitrogen and oxygen atoms in total. The number of carboxylic acids is 1. The van der Waals surface area contributed by atoms with Crippen LogP contribution in [0.2, 0.25) is 0 Å². The number of hydrogen-bond acceptors (Lipinski definition) is 3. The van der Waals surface area contributed by atoms with Crippen molar-refractivity contribution >= 4 is 11.7 Å². The van der Waals surface area contributed by atoms with E-state index in [4.69, 9.17) is 5.11 Å². The quantitative estimate of drug-likeness (QED) is 0.876. The van der Waals surface area contributed by atoms with Crippen LogP contribution in [0.3, 0.4) is 0 Å². The summed E-state index contributed by atoms with van der Waals surface area (Å²) in [6.07, 6.45) is 3.61. The lowest BCUT2D eigenvalue weighted by Crippen LogP contribution is -2.40. The number of carboxylic acid groups (broad SMARTS) is 1. The Kier molecular flexibility index (Phi) is 4.83. The van der Waals surface area contributed by atoms with Crippen LogP contribution < -0.4 is 5.32 Å². The van der Waals surface area contributed by atoms with Gasteiger partial charge in [0.05, 0.1) is 0 Å². The zero-order valence-corrected chi connectivity index (χ0v) is 12.7. The summed E-state index contributed by atoms with van der Waals surface area (Å²) in [4.78, 5) is 13.3. The molecule has 0 atom stereocenters. The third kappa shape index (κ3) is 4.17. The lowest BCUT2D eigenvalue weighted by molar-refractivity contribution is -0.141. The molecule has 2 N–H and O–H groups in total. The number of benzene rings is 1. The van der Waals surface area contributed by atoms with E-state index in [9.17, 15) is 9.18 Å². The first-order chi connectivity index (χ1) is 9.88. The molecular weight excluding hydrogens is 271 g/mol. The number of rotatable bonds is 5. The summed E-state index contributed by atoms with van der Waals surface area (Å²) in [6.45, 7) is 5.76. The third-order valence-corrected chi connectivity index (χ3v) is 3.89. The maximum absolute atomic E-state index is 14.2. The molecule has 0 spiro atoms. The largest absolute Gasteiger partial charge is 0.480 e. The SMILES string of the molecule is CC(C)(Nc1ccc(CN2CCCCC2)c(F)c1)C(=O)O. The maximum Gasteiger partial charge on any atom is 0.328 e. The number of carbonyl (C=O) groups is 1. The van der Waals surface area contributed by atoms with Gasteiger partial charge in [-0.15, -0.1) is 0 Å². The summed E-state index contributed by atoms with van der Waals surface area (Å²) in [7, 11) is 0. The molecule has 1 fully saturated rings.